The van der Waals surface area contributed by atoms with E-state index in [2.05, 4.69) is 11.8 Å². The van der Waals surface area contributed by atoms with E-state index in [1.807, 2.05) is 11.4 Å². The molecule has 1 heterocycles. The van der Waals surface area contributed by atoms with E-state index < -0.39 is 0 Å². The van der Waals surface area contributed by atoms with Crippen LogP contribution in [0.5, 0.6) is 0 Å². The second-order valence-electron chi connectivity index (χ2n) is 3.76. The van der Waals surface area contributed by atoms with Crippen LogP contribution in [0.15, 0.2) is 11.4 Å². The Kier molecular flexibility index (Phi) is 6.44. The molecule has 1 rings (SSSR count). The fraction of sp³-hybridized carbons (Fsp3) is 0.462. The van der Waals surface area contributed by atoms with Gasteiger partial charge in [0.05, 0.1) is 13.2 Å². The molecule has 4 nitrogen and oxygen atoms in total. The summed E-state index contributed by atoms with van der Waals surface area (Å²) in [4.78, 5) is 14.2. The van der Waals surface area contributed by atoms with Crippen molar-refractivity contribution in [2.75, 3.05) is 27.4 Å². The van der Waals surface area contributed by atoms with Crippen LogP contribution >= 0.6 is 11.3 Å². The van der Waals surface area contributed by atoms with Crippen LogP contribution in [0, 0.1) is 11.8 Å². The molecule has 0 atom stereocenters. The number of carbonyl (C=O) groups is 1. The Bertz CT molecular complexity index is 445. The smallest absolute Gasteiger partial charge is 0.248 e. The van der Waals surface area contributed by atoms with Gasteiger partial charge in [-0.25, -0.2) is 0 Å². The number of rotatable bonds is 5. The highest BCUT2D eigenvalue weighted by atomic mass is 32.1. The zero-order valence-corrected chi connectivity index (χ0v) is 11.4. The largest absolute Gasteiger partial charge is 0.395 e. The molecule has 0 aliphatic rings. The molecule has 18 heavy (non-hydrogen) atoms. The van der Waals surface area contributed by atoms with Crippen molar-refractivity contribution in [3.8, 4) is 11.8 Å². The van der Waals surface area contributed by atoms with Crippen LogP contribution in [0.25, 0.3) is 0 Å². The van der Waals surface area contributed by atoms with Gasteiger partial charge in [-0.05, 0) is 6.07 Å². The summed E-state index contributed by atoms with van der Waals surface area (Å²) in [5.74, 6) is 5.79. The molecule has 98 valence electrons. The molecule has 1 aromatic rings. The van der Waals surface area contributed by atoms with Gasteiger partial charge in [0.15, 0.2) is 0 Å². The normalized spacial score (nSPS) is 9.72. The minimum absolute atomic E-state index is 0.0428. The summed E-state index contributed by atoms with van der Waals surface area (Å²) < 4.78 is 4.80. The monoisotopic (exact) mass is 267 g/mol. The SMILES string of the molecule is COCC(=O)N(C)Cc1cc(C#CCCO)cs1. The Morgan fingerprint density at radius 3 is 3.06 bits per heavy atom. The zero-order chi connectivity index (χ0) is 13.4. The van der Waals surface area contributed by atoms with Gasteiger partial charge in [-0.3, -0.25) is 4.79 Å². The van der Waals surface area contributed by atoms with Gasteiger partial charge in [0, 0.05) is 36.4 Å². The predicted octanol–water partition coefficient (Wildman–Crippen LogP) is 1.09. The van der Waals surface area contributed by atoms with E-state index in [0.29, 0.717) is 13.0 Å². The number of nitrogens with zero attached hydrogens (tertiary/aromatic N) is 1. The Labute approximate surface area is 111 Å². The fourth-order valence-electron chi connectivity index (χ4n) is 1.31. The third-order valence-corrected chi connectivity index (χ3v) is 3.13. The summed E-state index contributed by atoms with van der Waals surface area (Å²) in [6, 6.07) is 1.96. The number of aliphatic hydroxyl groups is 1. The lowest BCUT2D eigenvalue weighted by atomic mass is 10.3. The van der Waals surface area contributed by atoms with E-state index in [4.69, 9.17) is 9.84 Å². The molecule has 0 saturated carbocycles. The van der Waals surface area contributed by atoms with Gasteiger partial charge in [0.2, 0.25) is 5.91 Å². The van der Waals surface area contributed by atoms with Crippen molar-refractivity contribution in [2.24, 2.45) is 0 Å². The van der Waals surface area contributed by atoms with Crippen molar-refractivity contribution in [1.29, 1.82) is 0 Å². The first-order valence-corrected chi connectivity index (χ1v) is 6.45. The fourth-order valence-corrected chi connectivity index (χ4v) is 2.17. The van der Waals surface area contributed by atoms with Crippen molar-refractivity contribution in [3.05, 3.63) is 21.9 Å². The Hall–Kier alpha value is -1.35. The van der Waals surface area contributed by atoms with Crippen molar-refractivity contribution in [2.45, 2.75) is 13.0 Å². The molecule has 0 saturated heterocycles. The Morgan fingerprint density at radius 2 is 2.39 bits per heavy atom. The van der Waals surface area contributed by atoms with Gasteiger partial charge in [-0.1, -0.05) is 11.8 Å². The van der Waals surface area contributed by atoms with E-state index in [-0.39, 0.29) is 19.1 Å². The van der Waals surface area contributed by atoms with Crippen LogP contribution in [0.4, 0.5) is 0 Å². The van der Waals surface area contributed by atoms with Crippen LogP contribution in [-0.2, 0) is 16.1 Å². The minimum atomic E-state index is -0.0428. The third-order valence-electron chi connectivity index (χ3n) is 2.21. The highest BCUT2D eigenvalue weighted by molar-refractivity contribution is 7.10. The maximum atomic E-state index is 11.5. The first kappa shape index (κ1) is 14.7. The van der Waals surface area contributed by atoms with Gasteiger partial charge in [-0.15, -0.1) is 11.3 Å². The van der Waals surface area contributed by atoms with Crippen LogP contribution < -0.4 is 0 Å². The molecule has 1 N–H and O–H groups in total. The van der Waals surface area contributed by atoms with E-state index >= 15 is 0 Å². The molecule has 0 aliphatic carbocycles. The summed E-state index contributed by atoms with van der Waals surface area (Å²) in [6.07, 6.45) is 0.484. The lowest BCUT2D eigenvalue weighted by molar-refractivity contribution is -0.134. The Balaban J connectivity index is 2.54. The maximum absolute atomic E-state index is 11.5. The molecule has 0 fully saturated rings. The van der Waals surface area contributed by atoms with Crippen LogP contribution in [-0.4, -0.2) is 43.3 Å². The molecule has 1 amide bonds. The van der Waals surface area contributed by atoms with Crippen molar-refractivity contribution < 1.29 is 14.6 Å². The summed E-state index contributed by atoms with van der Waals surface area (Å²) in [5.41, 5.74) is 0.927. The first-order chi connectivity index (χ1) is 8.67. The van der Waals surface area contributed by atoms with E-state index in [9.17, 15) is 4.79 Å². The molecule has 0 aromatic carbocycles. The number of likely N-dealkylation sites (N-methyl/N-ethyl adjacent to an activating group) is 1. The number of amides is 1. The van der Waals surface area contributed by atoms with Gasteiger partial charge < -0.3 is 14.7 Å². The number of carbonyl (C=O) groups excluding carboxylic acids is 1. The zero-order valence-electron chi connectivity index (χ0n) is 10.6. The minimum Gasteiger partial charge on any atom is -0.395 e. The second-order valence-corrected chi connectivity index (χ2v) is 4.76. The van der Waals surface area contributed by atoms with Gasteiger partial charge >= 0.3 is 0 Å². The number of thiophene rings is 1. The molecule has 5 heteroatoms. The van der Waals surface area contributed by atoms with Crippen molar-refractivity contribution in [3.63, 3.8) is 0 Å². The average molecular weight is 267 g/mol. The number of methoxy groups -OCH3 is 1. The second kappa shape index (κ2) is 7.88. The van der Waals surface area contributed by atoms with Gasteiger partial charge in [0.1, 0.15) is 6.61 Å². The molecule has 0 radical (unpaired) electrons. The summed E-state index contributed by atoms with van der Waals surface area (Å²) in [7, 11) is 3.25. The first-order valence-electron chi connectivity index (χ1n) is 5.57. The van der Waals surface area contributed by atoms with Gasteiger partial charge in [0.25, 0.3) is 0 Å². The molecular weight excluding hydrogens is 250 g/mol. The number of aliphatic hydroxyl groups excluding tert-OH is 1. The standard InChI is InChI=1S/C13H17NO3S/c1-14(13(16)9-17-2)8-12-7-11(10-18-12)5-3-4-6-15/h7,10,15H,4,6,8-9H2,1-2H3. The summed E-state index contributed by atoms with van der Waals surface area (Å²) >= 11 is 1.57. The lowest BCUT2D eigenvalue weighted by Crippen LogP contribution is -2.29. The molecule has 0 spiro atoms. The third kappa shape index (κ3) is 4.88. The number of hydrogen-bond acceptors (Lipinski definition) is 4. The molecular formula is C13H17NO3S. The van der Waals surface area contributed by atoms with E-state index in [1.54, 1.807) is 23.3 Å². The van der Waals surface area contributed by atoms with Crippen molar-refractivity contribution >= 4 is 17.2 Å². The quantitative estimate of drug-likeness (QED) is 0.812. The van der Waals surface area contributed by atoms with E-state index in [0.717, 1.165) is 10.4 Å². The summed E-state index contributed by atoms with van der Waals surface area (Å²) in [6.45, 7) is 0.748. The molecule has 0 unspecified atom stereocenters. The number of hydrogen-bond donors (Lipinski definition) is 1. The highest BCUT2D eigenvalue weighted by Crippen LogP contribution is 2.15. The maximum Gasteiger partial charge on any atom is 0.248 e. The molecule has 0 aliphatic heterocycles. The van der Waals surface area contributed by atoms with Crippen molar-refractivity contribution in [1.82, 2.24) is 4.90 Å². The van der Waals surface area contributed by atoms with Gasteiger partial charge in [-0.2, -0.15) is 0 Å². The Morgan fingerprint density at radius 1 is 1.61 bits per heavy atom. The average Bonchev–Trinajstić information content (AvgIpc) is 2.77. The molecule has 0 bridgehead atoms. The predicted molar refractivity (Wildman–Crippen MR) is 71.2 cm³/mol. The van der Waals surface area contributed by atoms with Crippen LogP contribution in [0.2, 0.25) is 0 Å². The highest BCUT2D eigenvalue weighted by Gasteiger charge is 2.09. The lowest BCUT2D eigenvalue weighted by Gasteiger charge is -2.15. The topological polar surface area (TPSA) is 49.8 Å². The number of ether oxygens (including phenoxy) is 1. The van der Waals surface area contributed by atoms with Crippen LogP contribution in [0.1, 0.15) is 16.9 Å². The molecule has 1 aromatic heterocycles. The van der Waals surface area contributed by atoms with E-state index in [1.165, 1.54) is 7.11 Å². The van der Waals surface area contributed by atoms with Crippen LogP contribution in [0.3, 0.4) is 0 Å². The summed E-state index contributed by atoms with van der Waals surface area (Å²) in [5, 5.41) is 10.6.